The molecule has 0 spiro atoms. The third kappa shape index (κ3) is 0.886. The molecule has 2 aliphatic rings. The Labute approximate surface area is 61.2 Å². The van der Waals surface area contributed by atoms with Gasteiger partial charge in [0.25, 0.3) is 0 Å². The molecule has 2 aliphatic heterocycles. The minimum absolute atomic E-state index is 0.499. The molecule has 0 aliphatic carbocycles. The van der Waals surface area contributed by atoms with Crippen LogP contribution >= 0.6 is 0 Å². The van der Waals surface area contributed by atoms with Crippen molar-refractivity contribution in [2.24, 2.45) is 4.99 Å². The smallest absolute Gasteiger partial charge is 0.0839 e. The summed E-state index contributed by atoms with van der Waals surface area (Å²) < 4.78 is 0. The summed E-state index contributed by atoms with van der Waals surface area (Å²) in [4.78, 5) is 6.69. The van der Waals surface area contributed by atoms with Gasteiger partial charge in [-0.2, -0.15) is 0 Å². The first kappa shape index (κ1) is 6.10. The Morgan fingerprint density at radius 1 is 1.70 bits per heavy atom. The van der Waals surface area contributed by atoms with E-state index in [1.54, 1.807) is 0 Å². The van der Waals surface area contributed by atoms with Gasteiger partial charge >= 0.3 is 0 Å². The summed E-state index contributed by atoms with van der Waals surface area (Å²) >= 11 is 0. The van der Waals surface area contributed by atoms with E-state index in [2.05, 4.69) is 23.0 Å². The second-order valence-electron chi connectivity index (χ2n) is 3.07. The number of allylic oxidation sites excluding steroid dienone is 1. The number of fused-ring (bicyclic) bond motifs is 1. The van der Waals surface area contributed by atoms with Crippen molar-refractivity contribution in [1.29, 1.82) is 0 Å². The van der Waals surface area contributed by atoms with Crippen LogP contribution in [0.1, 0.15) is 6.42 Å². The Morgan fingerprint density at radius 3 is 3.50 bits per heavy atom. The first-order valence-corrected chi connectivity index (χ1v) is 3.77. The molecule has 0 bridgehead atoms. The van der Waals surface area contributed by atoms with Crippen molar-refractivity contribution in [2.45, 2.75) is 12.5 Å². The maximum Gasteiger partial charge on any atom is 0.0839 e. The van der Waals surface area contributed by atoms with Crippen LogP contribution < -0.4 is 0 Å². The zero-order chi connectivity index (χ0) is 6.97. The van der Waals surface area contributed by atoms with Crippen LogP contribution in [0, 0.1) is 0 Å². The third-order valence-electron chi connectivity index (χ3n) is 2.25. The van der Waals surface area contributed by atoms with Crippen LogP contribution in [-0.2, 0) is 0 Å². The molecule has 0 saturated carbocycles. The van der Waals surface area contributed by atoms with Gasteiger partial charge in [0.1, 0.15) is 0 Å². The second kappa shape index (κ2) is 2.20. The quantitative estimate of drug-likeness (QED) is 0.478. The normalized spacial score (nSPS) is 32.1. The molecule has 0 aromatic carbocycles. The Balaban J connectivity index is 2.12. The maximum atomic E-state index is 4.35. The summed E-state index contributed by atoms with van der Waals surface area (Å²) in [6, 6.07) is 0.499. The molecule has 0 radical (unpaired) electrons. The van der Waals surface area contributed by atoms with E-state index < -0.39 is 0 Å². The van der Waals surface area contributed by atoms with Crippen LogP contribution in [-0.4, -0.2) is 37.3 Å². The van der Waals surface area contributed by atoms with Crippen LogP contribution in [0.3, 0.4) is 0 Å². The maximum absolute atomic E-state index is 4.35. The summed E-state index contributed by atoms with van der Waals surface area (Å²) in [6.45, 7) is 2.31. The number of likely N-dealkylation sites (N-methyl/N-ethyl adjacent to an activating group) is 1. The molecular formula is C8H12N2. The Kier molecular flexibility index (Phi) is 1.34. The molecule has 1 saturated heterocycles. The van der Waals surface area contributed by atoms with E-state index in [4.69, 9.17) is 0 Å². The zero-order valence-electron chi connectivity index (χ0n) is 6.25. The molecule has 0 amide bonds. The van der Waals surface area contributed by atoms with E-state index in [9.17, 15) is 0 Å². The predicted molar refractivity (Wildman–Crippen MR) is 42.5 cm³/mol. The van der Waals surface area contributed by atoms with E-state index in [0.29, 0.717) is 6.04 Å². The molecule has 0 aromatic heterocycles. The van der Waals surface area contributed by atoms with Gasteiger partial charge in [-0.15, -0.1) is 0 Å². The van der Waals surface area contributed by atoms with Crippen molar-refractivity contribution in [3.05, 3.63) is 11.6 Å². The summed E-state index contributed by atoms with van der Waals surface area (Å²) in [6.07, 6.45) is 5.32. The Morgan fingerprint density at radius 2 is 2.60 bits per heavy atom. The van der Waals surface area contributed by atoms with Crippen molar-refractivity contribution in [3.8, 4) is 0 Å². The van der Waals surface area contributed by atoms with Gasteiger partial charge in [0, 0.05) is 19.3 Å². The van der Waals surface area contributed by atoms with Gasteiger partial charge < -0.3 is 4.90 Å². The molecule has 10 heavy (non-hydrogen) atoms. The van der Waals surface area contributed by atoms with E-state index in [-0.39, 0.29) is 0 Å². The van der Waals surface area contributed by atoms with Crippen LogP contribution in [0.25, 0.3) is 0 Å². The standard InChI is InChI=1S/C8H12N2/c1-10-5-3-7-2-4-9-8(7)6-10/h2,4,8H,3,5-6H2,1H3. The van der Waals surface area contributed by atoms with Gasteiger partial charge in [0.2, 0.25) is 0 Å². The highest BCUT2D eigenvalue weighted by Crippen LogP contribution is 2.20. The van der Waals surface area contributed by atoms with Gasteiger partial charge in [-0.05, 0) is 25.1 Å². The summed E-state index contributed by atoms with van der Waals surface area (Å²) in [5, 5.41) is 0. The largest absolute Gasteiger partial charge is 0.304 e. The molecule has 54 valence electrons. The van der Waals surface area contributed by atoms with Gasteiger partial charge in [-0.1, -0.05) is 0 Å². The third-order valence-corrected chi connectivity index (χ3v) is 2.25. The fraction of sp³-hybridized carbons (Fsp3) is 0.625. The summed E-state index contributed by atoms with van der Waals surface area (Å²) in [5.41, 5.74) is 1.53. The summed E-state index contributed by atoms with van der Waals surface area (Å²) in [5.74, 6) is 0. The predicted octanol–water partition coefficient (Wildman–Crippen LogP) is 0.701. The minimum atomic E-state index is 0.499. The minimum Gasteiger partial charge on any atom is -0.304 e. The van der Waals surface area contributed by atoms with Gasteiger partial charge in [0.05, 0.1) is 6.04 Å². The molecular weight excluding hydrogens is 124 g/mol. The molecule has 0 aromatic rings. The number of hydrogen-bond donors (Lipinski definition) is 0. The fourth-order valence-electron chi connectivity index (χ4n) is 1.57. The van der Waals surface area contributed by atoms with Gasteiger partial charge in [-0.3, -0.25) is 4.99 Å². The lowest BCUT2D eigenvalue weighted by atomic mass is 10.0. The number of rotatable bonds is 0. The molecule has 2 heterocycles. The average molecular weight is 136 g/mol. The highest BCUT2D eigenvalue weighted by atomic mass is 15.1. The number of aliphatic imine (C=N–C) groups is 1. The molecule has 2 heteroatoms. The first-order chi connectivity index (χ1) is 4.86. The van der Waals surface area contributed by atoms with Crippen molar-refractivity contribution in [2.75, 3.05) is 20.1 Å². The molecule has 1 fully saturated rings. The Hall–Kier alpha value is -0.630. The highest BCUT2D eigenvalue weighted by Gasteiger charge is 2.22. The number of nitrogens with zero attached hydrogens (tertiary/aromatic N) is 2. The molecule has 0 N–H and O–H groups in total. The molecule has 1 atom stereocenters. The SMILES string of the molecule is CN1CCC2=CC=NC2C1. The second-order valence-corrected chi connectivity index (χ2v) is 3.07. The van der Waals surface area contributed by atoms with Crippen molar-refractivity contribution in [3.63, 3.8) is 0 Å². The van der Waals surface area contributed by atoms with Crippen molar-refractivity contribution < 1.29 is 0 Å². The van der Waals surface area contributed by atoms with Crippen LogP contribution in [0.5, 0.6) is 0 Å². The van der Waals surface area contributed by atoms with E-state index >= 15 is 0 Å². The van der Waals surface area contributed by atoms with Crippen LogP contribution in [0.2, 0.25) is 0 Å². The van der Waals surface area contributed by atoms with Crippen LogP contribution in [0.4, 0.5) is 0 Å². The zero-order valence-corrected chi connectivity index (χ0v) is 6.25. The Bertz CT molecular complexity index is 193. The van der Waals surface area contributed by atoms with Crippen molar-refractivity contribution >= 4 is 6.21 Å². The van der Waals surface area contributed by atoms with E-state index in [1.165, 1.54) is 18.5 Å². The number of piperidine rings is 1. The first-order valence-electron chi connectivity index (χ1n) is 3.77. The van der Waals surface area contributed by atoms with Gasteiger partial charge in [0.15, 0.2) is 0 Å². The number of likely N-dealkylation sites (tertiary alicyclic amines) is 1. The fourth-order valence-corrected chi connectivity index (χ4v) is 1.57. The monoisotopic (exact) mass is 136 g/mol. The van der Waals surface area contributed by atoms with E-state index in [0.717, 1.165) is 6.54 Å². The molecule has 2 nitrogen and oxygen atoms in total. The molecule has 2 rings (SSSR count). The topological polar surface area (TPSA) is 15.6 Å². The van der Waals surface area contributed by atoms with Crippen molar-refractivity contribution in [1.82, 2.24) is 4.90 Å². The lowest BCUT2D eigenvalue weighted by Gasteiger charge is -2.27. The lowest BCUT2D eigenvalue weighted by Crippen LogP contribution is -2.34. The lowest BCUT2D eigenvalue weighted by molar-refractivity contribution is 0.295. The van der Waals surface area contributed by atoms with Crippen LogP contribution in [0.15, 0.2) is 16.6 Å². The number of hydrogen-bond acceptors (Lipinski definition) is 2. The summed E-state index contributed by atoms with van der Waals surface area (Å²) in [7, 11) is 2.16. The van der Waals surface area contributed by atoms with Gasteiger partial charge in [-0.25, -0.2) is 0 Å². The highest BCUT2D eigenvalue weighted by molar-refractivity contribution is 5.76. The van der Waals surface area contributed by atoms with E-state index in [1.807, 2.05) is 6.21 Å². The average Bonchev–Trinajstić information content (AvgIpc) is 2.33. The molecule has 1 unspecified atom stereocenters.